The highest BCUT2D eigenvalue weighted by molar-refractivity contribution is 9.10. The van der Waals surface area contributed by atoms with Crippen molar-refractivity contribution in [3.8, 4) is 0 Å². The molecule has 2 aromatic carbocycles. The quantitative estimate of drug-likeness (QED) is 0.730. The Morgan fingerprint density at radius 3 is 2.50 bits per heavy atom. The van der Waals surface area contributed by atoms with Crippen LogP contribution in [0.15, 0.2) is 53.0 Å². The van der Waals surface area contributed by atoms with Crippen LogP contribution in [0, 0.1) is 0 Å². The number of hydrogen-bond donors (Lipinski definition) is 0. The maximum atomic E-state index is 12.1. The predicted octanol–water partition coefficient (Wildman–Crippen LogP) is 4.92. The summed E-state index contributed by atoms with van der Waals surface area (Å²) in [6.07, 6.45) is 1.21. The monoisotopic (exact) mass is 322 g/mol. The van der Waals surface area contributed by atoms with E-state index in [9.17, 15) is 4.79 Å². The van der Waals surface area contributed by atoms with E-state index in [1.807, 2.05) is 42.5 Å². The van der Waals surface area contributed by atoms with Crippen LogP contribution >= 0.6 is 27.5 Å². The molecule has 0 fully saturated rings. The van der Waals surface area contributed by atoms with E-state index in [2.05, 4.69) is 15.9 Å². The Balaban J connectivity index is 2.07. The van der Waals surface area contributed by atoms with Crippen LogP contribution in [0.5, 0.6) is 0 Å². The molecule has 0 heterocycles. The highest BCUT2D eigenvalue weighted by Gasteiger charge is 2.12. The first-order valence-corrected chi connectivity index (χ1v) is 6.86. The van der Waals surface area contributed by atoms with Gasteiger partial charge in [-0.25, -0.2) is 0 Å². The molecule has 0 aliphatic carbocycles. The molecule has 0 aliphatic heterocycles. The lowest BCUT2D eigenvalue weighted by Gasteiger charge is -2.05. The normalized spacial score (nSPS) is 10.3. The molecule has 0 spiro atoms. The van der Waals surface area contributed by atoms with Crippen molar-refractivity contribution in [2.75, 3.05) is 0 Å². The molecule has 0 amide bonds. The maximum Gasteiger partial charge on any atom is 0.164 e. The summed E-state index contributed by atoms with van der Waals surface area (Å²) in [4.78, 5) is 12.1. The molecule has 0 bridgehead atoms. The molecule has 0 aromatic heterocycles. The molecule has 92 valence electrons. The zero-order chi connectivity index (χ0) is 13.0. The lowest BCUT2D eigenvalue weighted by atomic mass is 10.0. The van der Waals surface area contributed by atoms with Crippen molar-refractivity contribution in [1.29, 1.82) is 0 Å². The van der Waals surface area contributed by atoms with E-state index in [4.69, 9.17) is 11.6 Å². The van der Waals surface area contributed by atoms with Gasteiger partial charge in [-0.1, -0.05) is 48.0 Å². The van der Waals surface area contributed by atoms with Gasteiger partial charge in [-0.3, -0.25) is 4.79 Å². The highest BCUT2D eigenvalue weighted by Crippen LogP contribution is 2.27. The minimum absolute atomic E-state index is 0.0742. The predicted molar refractivity (Wildman–Crippen MR) is 78.2 cm³/mol. The molecule has 1 nitrogen and oxygen atoms in total. The van der Waals surface area contributed by atoms with Gasteiger partial charge in [0.15, 0.2) is 5.78 Å². The van der Waals surface area contributed by atoms with Gasteiger partial charge in [0.1, 0.15) is 0 Å². The van der Waals surface area contributed by atoms with Crippen molar-refractivity contribution in [1.82, 2.24) is 0 Å². The van der Waals surface area contributed by atoms with E-state index in [-0.39, 0.29) is 5.78 Å². The Bertz CT molecular complexity index is 552. The Morgan fingerprint density at radius 2 is 1.78 bits per heavy atom. The molecule has 0 saturated carbocycles. The van der Waals surface area contributed by atoms with Gasteiger partial charge in [-0.05, 0) is 40.0 Å². The summed E-state index contributed by atoms with van der Waals surface area (Å²) in [5, 5.41) is 0.496. The van der Waals surface area contributed by atoms with E-state index in [0.29, 0.717) is 17.0 Å². The second kappa shape index (κ2) is 6.17. The van der Waals surface area contributed by atoms with Crippen molar-refractivity contribution in [2.45, 2.75) is 12.8 Å². The van der Waals surface area contributed by atoms with Crippen molar-refractivity contribution in [2.24, 2.45) is 0 Å². The smallest absolute Gasteiger partial charge is 0.164 e. The van der Waals surface area contributed by atoms with Crippen LogP contribution in [0.2, 0.25) is 5.02 Å². The van der Waals surface area contributed by atoms with Gasteiger partial charge in [0.2, 0.25) is 0 Å². The third-order valence-electron chi connectivity index (χ3n) is 2.74. The third kappa shape index (κ3) is 3.21. The molecule has 0 saturated heterocycles. The highest BCUT2D eigenvalue weighted by atomic mass is 79.9. The van der Waals surface area contributed by atoms with Gasteiger partial charge in [-0.15, -0.1) is 0 Å². The molecule has 0 N–H and O–H groups in total. The molecular formula is C15H12BrClO. The number of Topliss-reactive ketones (excluding diaryl/α,β-unsaturated/α-hetero) is 1. The fourth-order valence-corrected chi connectivity index (χ4v) is 2.35. The number of ketones is 1. The molecule has 2 aromatic rings. The summed E-state index contributed by atoms with van der Waals surface area (Å²) < 4.78 is 0.759. The van der Waals surface area contributed by atoms with E-state index in [0.717, 1.165) is 16.5 Å². The third-order valence-corrected chi connectivity index (χ3v) is 4.03. The lowest BCUT2D eigenvalue weighted by Crippen LogP contribution is -2.02. The number of hydrogen-bond acceptors (Lipinski definition) is 1. The Kier molecular flexibility index (Phi) is 4.56. The fraction of sp³-hybridized carbons (Fsp3) is 0.133. The Labute approximate surface area is 120 Å². The van der Waals surface area contributed by atoms with Crippen LogP contribution in [0.4, 0.5) is 0 Å². The standard InChI is InChI=1S/C15H12BrClO/c16-13-8-4-7-12(15(13)17)14(18)10-9-11-5-2-1-3-6-11/h1-8H,9-10H2. The summed E-state index contributed by atoms with van der Waals surface area (Å²) in [5.41, 5.74) is 1.75. The lowest BCUT2D eigenvalue weighted by molar-refractivity contribution is 0.0983. The molecule has 0 radical (unpaired) electrons. The first-order chi connectivity index (χ1) is 8.68. The topological polar surface area (TPSA) is 17.1 Å². The number of benzene rings is 2. The van der Waals surface area contributed by atoms with E-state index in [1.54, 1.807) is 6.07 Å². The summed E-state index contributed by atoms with van der Waals surface area (Å²) in [6, 6.07) is 15.4. The number of carbonyl (C=O) groups excluding carboxylic acids is 1. The second-order valence-electron chi connectivity index (χ2n) is 4.01. The van der Waals surface area contributed by atoms with Crippen molar-refractivity contribution in [3.63, 3.8) is 0 Å². The van der Waals surface area contributed by atoms with E-state index >= 15 is 0 Å². The van der Waals surface area contributed by atoms with Gasteiger partial charge in [0, 0.05) is 16.5 Å². The van der Waals surface area contributed by atoms with Gasteiger partial charge < -0.3 is 0 Å². The van der Waals surface area contributed by atoms with E-state index in [1.165, 1.54) is 0 Å². The summed E-state index contributed by atoms with van der Waals surface area (Å²) >= 11 is 9.43. The molecule has 0 atom stereocenters. The summed E-state index contributed by atoms with van der Waals surface area (Å²) in [5.74, 6) is 0.0742. The molecule has 3 heteroatoms. The van der Waals surface area contributed by atoms with E-state index < -0.39 is 0 Å². The number of halogens is 2. The zero-order valence-electron chi connectivity index (χ0n) is 9.70. The van der Waals surface area contributed by atoms with Crippen molar-refractivity contribution in [3.05, 3.63) is 69.2 Å². The first kappa shape index (κ1) is 13.3. The fourth-order valence-electron chi connectivity index (χ4n) is 1.76. The molecule has 18 heavy (non-hydrogen) atoms. The van der Waals surface area contributed by atoms with Gasteiger partial charge in [-0.2, -0.15) is 0 Å². The Hall–Kier alpha value is -1.12. The summed E-state index contributed by atoms with van der Waals surface area (Å²) in [7, 11) is 0. The largest absolute Gasteiger partial charge is 0.294 e. The number of carbonyl (C=O) groups is 1. The minimum atomic E-state index is 0.0742. The average Bonchev–Trinajstić information content (AvgIpc) is 2.40. The van der Waals surface area contributed by atoms with Crippen LogP contribution < -0.4 is 0 Å². The summed E-state index contributed by atoms with van der Waals surface area (Å²) in [6.45, 7) is 0. The van der Waals surface area contributed by atoms with Gasteiger partial charge in [0.25, 0.3) is 0 Å². The van der Waals surface area contributed by atoms with Crippen LogP contribution in [0.3, 0.4) is 0 Å². The van der Waals surface area contributed by atoms with Crippen LogP contribution in [-0.4, -0.2) is 5.78 Å². The van der Waals surface area contributed by atoms with Crippen LogP contribution in [-0.2, 0) is 6.42 Å². The zero-order valence-corrected chi connectivity index (χ0v) is 12.0. The maximum absolute atomic E-state index is 12.1. The SMILES string of the molecule is O=C(CCc1ccccc1)c1cccc(Br)c1Cl. The Morgan fingerprint density at radius 1 is 1.06 bits per heavy atom. The number of rotatable bonds is 4. The average molecular weight is 324 g/mol. The van der Waals surface area contributed by atoms with Crippen molar-refractivity contribution < 1.29 is 4.79 Å². The van der Waals surface area contributed by atoms with Crippen molar-refractivity contribution >= 4 is 33.3 Å². The van der Waals surface area contributed by atoms with Gasteiger partial charge >= 0.3 is 0 Å². The van der Waals surface area contributed by atoms with Crippen LogP contribution in [0.1, 0.15) is 22.3 Å². The molecule has 0 aliphatic rings. The second-order valence-corrected chi connectivity index (χ2v) is 5.24. The molecule has 2 rings (SSSR count). The van der Waals surface area contributed by atoms with Crippen LogP contribution in [0.25, 0.3) is 0 Å². The molecular weight excluding hydrogens is 312 g/mol. The van der Waals surface area contributed by atoms with Gasteiger partial charge in [0.05, 0.1) is 5.02 Å². The molecule has 0 unspecified atom stereocenters. The minimum Gasteiger partial charge on any atom is -0.294 e. The first-order valence-electron chi connectivity index (χ1n) is 5.69. The number of aryl methyl sites for hydroxylation is 1.